The molecule has 1 aliphatic rings. The van der Waals surface area contributed by atoms with Gasteiger partial charge in [-0.25, -0.2) is 9.37 Å². The van der Waals surface area contributed by atoms with Crippen molar-refractivity contribution in [3.8, 4) is 10.6 Å². The maximum absolute atomic E-state index is 14.3. The Morgan fingerprint density at radius 1 is 1.23 bits per heavy atom. The molecule has 0 aliphatic carbocycles. The van der Waals surface area contributed by atoms with Crippen LogP contribution >= 0.6 is 11.3 Å². The lowest BCUT2D eigenvalue weighted by molar-refractivity contribution is -0.116. The van der Waals surface area contributed by atoms with Crippen LogP contribution in [0.2, 0.25) is 0 Å². The molecule has 0 radical (unpaired) electrons. The highest BCUT2D eigenvalue weighted by Gasteiger charge is 2.17. The Morgan fingerprint density at radius 2 is 2.04 bits per heavy atom. The second-order valence-electron chi connectivity index (χ2n) is 6.40. The minimum atomic E-state index is -0.375. The molecule has 3 aromatic rings. The normalized spacial score (nSPS) is 13.2. The van der Waals surface area contributed by atoms with Crippen LogP contribution in [0.25, 0.3) is 10.6 Å². The molecular weight excluding hydrogens is 349 g/mol. The predicted octanol–water partition coefficient (Wildman–Crippen LogP) is 4.75. The number of fused-ring (bicyclic) bond motifs is 1. The van der Waals surface area contributed by atoms with E-state index in [4.69, 9.17) is 0 Å². The van der Waals surface area contributed by atoms with E-state index in [2.05, 4.69) is 46.8 Å². The number of thiazole rings is 1. The van der Waals surface area contributed by atoms with Gasteiger partial charge in [-0.1, -0.05) is 29.8 Å². The van der Waals surface area contributed by atoms with Crippen molar-refractivity contribution >= 4 is 28.6 Å². The fourth-order valence-electron chi connectivity index (χ4n) is 2.94. The Labute approximate surface area is 155 Å². The van der Waals surface area contributed by atoms with E-state index in [1.807, 2.05) is 5.38 Å². The number of aromatic nitrogens is 1. The Bertz CT molecular complexity index is 966. The zero-order valence-electron chi connectivity index (χ0n) is 14.3. The zero-order valence-corrected chi connectivity index (χ0v) is 15.1. The van der Waals surface area contributed by atoms with Gasteiger partial charge < -0.3 is 10.6 Å². The third-order valence-electron chi connectivity index (χ3n) is 4.40. The smallest absolute Gasteiger partial charge is 0.224 e. The number of halogens is 1. The molecular formula is C20H18FN3OS. The molecule has 4 rings (SSSR count). The van der Waals surface area contributed by atoms with Gasteiger partial charge in [0.1, 0.15) is 10.8 Å². The summed E-state index contributed by atoms with van der Waals surface area (Å²) >= 11 is 1.58. The van der Waals surface area contributed by atoms with Crippen LogP contribution in [0.1, 0.15) is 23.2 Å². The van der Waals surface area contributed by atoms with Crippen LogP contribution in [0.15, 0.2) is 41.8 Å². The lowest BCUT2D eigenvalue weighted by Crippen LogP contribution is -2.19. The fourth-order valence-corrected chi connectivity index (χ4v) is 3.77. The zero-order chi connectivity index (χ0) is 18.1. The van der Waals surface area contributed by atoms with Crippen LogP contribution in [-0.2, 0) is 17.8 Å². The van der Waals surface area contributed by atoms with Crippen LogP contribution in [0.4, 0.5) is 15.8 Å². The van der Waals surface area contributed by atoms with Crippen molar-refractivity contribution in [3.05, 3.63) is 64.4 Å². The van der Waals surface area contributed by atoms with Gasteiger partial charge in [-0.2, -0.15) is 0 Å². The minimum Gasteiger partial charge on any atom is -0.377 e. The van der Waals surface area contributed by atoms with Gasteiger partial charge in [0.25, 0.3) is 0 Å². The summed E-state index contributed by atoms with van der Waals surface area (Å²) in [5, 5.41) is 8.77. The first-order valence-electron chi connectivity index (χ1n) is 8.46. The summed E-state index contributed by atoms with van der Waals surface area (Å²) in [6.45, 7) is 2.50. The topological polar surface area (TPSA) is 54.0 Å². The van der Waals surface area contributed by atoms with Crippen molar-refractivity contribution in [3.63, 3.8) is 0 Å². The second-order valence-corrected chi connectivity index (χ2v) is 7.26. The highest BCUT2D eigenvalue weighted by molar-refractivity contribution is 7.13. The third kappa shape index (κ3) is 3.46. The molecule has 4 nitrogen and oxygen atoms in total. The molecule has 1 amide bonds. The lowest BCUT2D eigenvalue weighted by atomic mass is 10.0. The molecule has 26 heavy (non-hydrogen) atoms. The van der Waals surface area contributed by atoms with Gasteiger partial charge in [0.05, 0.1) is 17.9 Å². The van der Waals surface area contributed by atoms with E-state index in [-0.39, 0.29) is 11.7 Å². The van der Waals surface area contributed by atoms with Crippen LogP contribution in [0.5, 0.6) is 0 Å². The van der Waals surface area contributed by atoms with Crippen molar-refractivity contribution in [2.75, 3.05) is 10.6 Å². The minimum absolute atomic E-state index is 0.0660. The van der Waals surface area contributed by atoms with Gasteiger partial charge in [0.2, 0.25) is 5.91 Å². The summed E-state index contributed by atoms with van der Waals surface area (Å²) in [5.41, 5.74) is 5.13. The maximum Gasteiger partial charge on any atom is 0.224 e. The number of rotatable bonds is 4. The molecule has 0 bridgehead atoms. The van der Waals surface area contributed by atoms with Gasteiger partial charge in [0, 0.05) is 23.1 Å². The first-order valence-corrected chi connectivity index (χ1v) is 9.34. The molecule has 132 valence electrons. The Morgan fingerprint density at radius 3 is 2.85 bits per heavy atom. The van der Waals surface area contributed by atoms with Crippen LogP contribution in [0, 0.1) is 12.7 Å². The molecule has 1 aromatic heterocycles. The molecule has 0 fully saturated rings. The van der Waals surface area contributed by atoms with Gasteiger partial charge in [-0.3, -0.25) is 4.79 Å². The van der Waals surface area contributed by atoms with Crippen LogP contribution in [-0.4, -0.2) is 10.9 Å². The molecule has 0 unspecified atom stereocenters. The number of carbonyl (C=O) groups is 1. The summed E-state index contributed by atoms with van der Waals surface area (Å²) in [6.07, 6.45) is 1.06. The highest BCUT2D eigenvalue weighted by atomic mass is 32.1. The number of benzene rings is 2. The quantitative estimate of drug-likeness (QED) is 0.699. The second kappa shape index (κ2) is 6.88. The SMILES string of the molecule is Cc1ccc(-c2nc(CNc3cc4c(cc3F)NC(=O)CC4)cs2)cc1. The number of hydrogen-bond acceptors (Lipinski definition) is 4. The molecule has 0 atom stereocenters. The van der Waals surface area contributed by atoms with Gasteiger partial charge in [-0.15, -0.1) is 11.3 Å². The van der Waals surface area contributed by atoms with E-state index < -0.39 is 0 Å². The molecule has 1 aliphatic heterocycles. The monoisotopic (exact) mass is 367 g/mol. The number of nitrogens with zero attached hydrogens (tertiary/aromatic N) is 1. The summed E-state index contributed by atoms with van der Waals surface area (Å²) in [7, 11) is 0. The van der Waals surface area contributed by atoms with E-state index in [0.717, 1.165) is 21.8 Å². The number of amides is 1. The summed E-state index contributed by atoms with van der Waals surface area (Å²) in [4.78, 5) is 16.0. The van der Waals surface area contributed by atoms with Crippen LogP contribution in [0.3, 0.4) is 0 Å². The first kappa shape index (κ1) is 16.7. The van der Waals surface area contributed by atoms with Gasteiger partial charge >= 0.3 is 0 Å². The third-order valence-corrected chi connectivity index (χ3v) is 5.34. The maximum atomic E-state index is 14.3. The predicted molar refractivity (Wildman–Crippen MR) is 103 cm³/mol. The molecule has 2 aromatic carbocycles. The van der Waals surface area contributed by atoms with Crippen molar-refractivity contribution in [1.82, 2.24) is 4.98 Å². The molecule has 2 heterocycles. The number of carbonyl (C=O) groups excluding carboxylic acids is 1. The largest absolute Gasteiger partial charge is 0.377 e. The van der Waals surface area contributed by atoms with E-state index in [0.29, 0.717) is 30.8 Å². The Balaban J connectivity index is 1.48. The number of nitrogens with one attached hydrogen (secondary N) is 2. The molecule has 6 heteroatoms. The summed E-state index contributed by atoms with van der Waals surface area (Å²) in [5.74, 6) is -0.441. The molecule has 2 N–H and O–H groups in total. The van der Waals surface area contributed by atoms with Gasteiger partial charge in [0.15, 0.2) is 0 Å². The Kier molecular flexibility index (Phi) is 4.42. The standard InChI is InChI=1S/C20H18FN3OS/c1-12-2-4-13(5-3-12)20-23-15(11-26-20)10-22-18-8-14-6-7-19(25)24-17(14)9-16(18)21/h2-5,8-9,11,22H,6-7,10H2,1H3,(H,24,25). The summed E-state index contributed by atoms with van der Waals surface area (Å²) < 4.78 is 14.3. The van der Waals surface area contributed by atoms with Crippen molar-refractivity contribution < 1.29 is 9.18 Å². The fraction of sp³-hybridized carbons (Fsp3) is 0.200. The summed E-state index contributed by atoms with van der Waals surface area (Å²) in [6, 6.07) is 11.4. The van der Waals surface area contributed by atoms with Crippen LogP contribution < -0.4 is 10.6 Å². The van der Waals surface area contributed by atoms with E-state index in [1.165, 1.54) is 11.6 Å². The average molecular weight is 367 g/mol. The van der Waals surface area contributed by atoms with Crippen molar-refractivity contribution in [1.29, 1.82) is 0 Å². The highest BCUT2D eigenvalue weighted by Crippen LogP contribution is 2.29. The number of aryl methyl sites for hydroxylation is 2. The van der Waals surface area contributed by atoms with Crippen molar-refractivity contribution in [2.24, 2.45) is 0 Å². The average Bonchev–Trinajstić information content (AvgIpc) is 3.09. The van der Waals surface area contributed by atoms with Gasteiger partial charge in [-0.05, 0) is 31.0 Å². The van der Waals surface area contributed by atoms with Crippen molar-refractivity contribution in [2.45, 2.75) is 26.3 Å². The van der Waals surface area contributed by atoms with E-state index >= 15 is 0 Å². The molecule has 0 saturated heterocycles. The number of hydrogen-bond donors (Lipinski definition) is 2. The number of anilines is 2. The lowest BCUT2D eigenvalue weighted by Gasteiger charge is -2.18. The first-order chi connectivity index (χ1) is 12.6. The van der Waals surface area contributed by atoms with E-state index in [1.54, 1.807) is 17.4 Å². The Hall–Kier alpha value is -2.73. The molecule has 0 saturated carbocycles. The van der Waals surface area contributed by atoms with E-state index in [9.17, 15) is 9.18 Å². The molecule has 0 spiro atoms.